The highest BCUT2D eigenvalue weighted by atomic mass is 16.7. The van der Waals surface area contributed by atoms with E-state index in [1.807, 2.05) is 55.5 Å². The summed E-state index contributed by atoms with van der Waals surface area (Å²) in [5, 5.41) is 80.3. The van der Waals surface area contributed by atoms with Crippen molar-refractivity contribution in [3.05, 3.63) is 107 Å². The Kier molecular flexibility index (Phi) is 12.5. The minimum atomic E-state index is -3.40. The lowest BCUT2D eigenvalue weighted by molar-refractivity contribution is -0.359. The average molecular weight is 800 g/mol. The SMILES string of the molecule is C[C@H](C/C=C\c1ccccc1)[C@H](CN[C@H](O)[C@]1(O)[C@H](Oc2ccc3c(c2)OC(C(N)=O)C(c2ccc(O)cc2)=C3O)O[C@H](C(=O)O)[C@@H](O)[C@@]1(O)C=O)CC1=CCN=C1. The topological polar surface area (TPSA) is 271 Å². The molecule has 0 aliphatic carbocycles. The van der Waals surface area contributed by atoms with E-state index in [0.29, 0.717) is 24.9 Å². The number of carbonyl (C=O) groups excluding carboxylic acids is 2. The molecule has 1 amide bonds. The van der Waals surface area contributed by atoms with E-state index in [1.165, 1.54) is 36.4 Å². The second-order valence-corrected chi connectivity index (χ2v) is 14.5. The van der Waals surface area contributed by atoms with Gasteiger partial charge in [0.15, 0.2) is 18.0 Å². The maximum Gasteiger partial charge on any atom is 0.335 e. The molecule has 16 nitrogen and oxygen atoms in total. The van der Waals surface area contributed by atoms with E-state index in [1.54, 1.807) is 6.21 Å². The van der Waals surface area contributed by atoms with E-state index in [2.05, 4.69) is 10.3 Å². The number of primary amides is 1. The van der Waals surface area contributed by atoms with Crippen LogP contribution in [0.2, 0.25) is 0 Å². The first-order valence-corrected chi connectivity index (χ1v) is 18.5. The van der Waals surface area contributed by atoms with Crippen molar-refractivity contribution in [1.82, 2.24) is 5.32 Å². The second kappa shape index (κ2) is 17.3. The fourth-order valence-corrected chi connectivity index (χ4v) is 7.27. The summed E-state index contributed by atoms with van der Waals surface area (Å²) in [5.74, 6) is -4.01. The van der Waals surface area contributed by atoms with Crippen molar-refractivity contribution in [3.8, 4) is 17.2 Å². The van der Waals surface area contributed by atoms with Gasteiger partial charge in [-0.05, 0) is 65.6 Å². The molecule has 1 fully saturated rings. The highest BCUT2D eigenvalue weighted by Crippen LogP contribution is 2.44. The summed E-state index contributed by atoms with van der Waals surface area (Å²) in [6.07, 6.45) is -2.63. The smallest absolute Gasteiger partial charge is 0.335 e. The largest absolute Gasteiger partial charge is 0.508 e. The summed E-state index contributed by atoms with van der Waals surface area (Å²) in [4.78, 5) is 41.6. The molecule has 1 saturated heterocycles. The van der Waals surface area contributed by atoms with Gasteiger partial charge >= 0.3 is 5.97 Å². The van der Waals surface area contributed by atoms with Gasteiger partial charge in [0, 0.05) is 18.8 Å². The van der Waals surface area contributed by atoms with Crippen LogP contribution in [0.5, 0.6) is 17.2 Å². The van der Waals surface area contributed by atoms with Crippen LogP contribution in [0.3, 0.4) is 0 Å². The Balaban J connectivity index is 1.30. The quantitative estimate of drug-likeness (QED) is 0.0741. The first kappa shape index (κ1) is 41.7. The van der Waals surface area contributed by atoms with Crippen molar-refractivity contribution < 1.29 is 64.3 Å². The van der Waals surface area contributed by atoms with Crippen LogP contribution in [-0.4, -0.2) is 115 Å². The van der Waals surface area contributed by atoms with E-state index in [4.69, 9.17) is 19.9 Å². The highest BCUT2D eigenvalue weighted by Gasteiger charge is 2.71. The number of nitrogens with two attached hydrogens (primary N) is 1. The number of carbonyl (C=O) groups is 3. The van der Waals surface area contributed by atoms with Gasteiger partial charge in [0.1, 0.15) is 35.3 Å². The van der Waals surface area contributed by atoms with Gasteiger partial charge in [0.2, 0.25) is 18.0 Å². The van der Waals surface area contributed by atoms with Crippen LogP contribution in [-0.2, 0) is 19.1 Å². The van der Waals surface area contributed by atoms with Gasteiger partial charge < -0.3 is 55.7 Å². The van der Waals surface area contributed by atoms with Crippen molar-refractivity contribution in [3.63, 3.8) is 0 Å². The number of aliphatic imine (C=N–C) groups is 1. The van der Waals surface area contributed by atoms with Crippen molar-refractivity contribution >= 4 is 41.8 Å². The fourth-order valence-electron chi connectivity index (χ4n) is 7.27. The van der Waals surface area contributed by atoms with E-state index >= 15 is 0 Å². The van der Waals surface area contributed by atoms with Crippen LogP contribution < -0.4 is 20.5 Å². The van der Waals surface area contributed by atoms with Gasteiger partial charge in [-0.2, -0.15) is 0 Å². The molecule has 3 aromatic rings. The Hall–Kier alpha value is -5.88. The predicted molar refractivity (Wildman–Crippen MR) is 209 cm³/mol. The molecule has 16 heteroatoms. The number of nitrogens with zero attached hydrogens (tertiary/aromatic N) is 1. The lowest BCUT2D eigenvalue weighted by atomic mass is 9.73. The van der Waals surface area contributed by atoms with Crippen molar-refractivity contribution in [1.29, 1.82) is 0 Å². The Morgan fingerprint density at radius 3 is 2.45 bits per heavy atom. The number of hydrogen-bond donors (Lipinski definition) is 9. The number of fused-ring (bicyclic) bond motifs is 1. The number of carboxylic acid groups (broad SMARTS) is 1. The minimum absolute atomic E-state index is 0.00136. The number of carboxylic acids is 1. The Bertz CT molecular complexity index is 2120. The van der Waals surface area contributed by atoms with Crippen molar-refractivity contribution in [2.24, 2.45) is 22.6 Å². The maximum atomic E-state index is 12.6. The monoisotopic (exact) mass is 799 g/mol. The van der Waals surface area contributed by atoms with Crippen LogP contribution in [0, 0.1) is 11.8 Å². The van der Waals surface area contributed by atoms with E-state index in [0.717, 1.165) is 17.2 Å². The zero-order valence-electron chi connectivity index (χ0n) is 31.3. The van der Waals surface area contributed by atoms with Gasteiger partial charge in [0.25, 0.3) is 5.91 Å². The number of amides is 1. The predicted octanol–water partition coefficient (Wildman–Crippen LogP) is 1.94. The lowest BCUT2D eigenvalue weighted by Gasteiger charge is -2.53. The Morgan fingerprint density at radius 2 is 1.81 bits per heavy atom. The molecular formula is C42H45N3O13. The van der Waals surface area contributed by atoms with Gasteiger partial charge in [-0.15, -0.1) is 0 Å². The van der Waals surface area contributed by atoms with Gasteiger partial charge in [-0.25, -0.2) is 4.79 Å². The number of nitrogens with one attached hydrogen (secondary N) is 1. The average Bonchev–Trinajstić information content (AvgIpc) is 3.73. The summed E-state index contributed by atoms with van der Waals surface area (Å²) in [7, 11) is 0. The first-order valence-electron chi connectivity index (χ1n) is 18.5. The number of phenols is 1. The molecule has 10 N–H and O–H groups in total. The van der Waals surface area contributed by atoms with Crippen LogP contribution in [0.15, 0.2) is 95.5 Å². The van der Waals surface area contributed by atoms with Gasteiger partial charge in [0.05, 0.1) is 17.7 Å². The summed E-state index contributed by atoms with van der Waals surface area (Å²) in [5.41, 5.74) is 1.27. The first-order chi connectivity index (χ1) is 27.7. The van der Waals surface area contributed by atoms with E-state index in [9.17, 15) is 50.1 Å². The number of aliphatic hydroxyl groups is 5. The number of rotatable bonds is 16. The molecule has 3 aliphatic rings. The van der Waals surface area contributed by atoms with Crippen LogP contribution >= 0.6 is 0 Å². The number of aromatic hydroxyl groups is 1. The van der Waals surface area contributed by atoms with Crippen LogP contribution in [0.4, 0.5) is 0 Å². The molecule has 0 radical (unpaired) electrons. The van der Waals surface area contributed by atoms with Crippen molar-refractivity contribution in [2.45, 2.75) is 61.8 Å². The molecule has 3 aliphatic heterocycles. The minimum Gasteiger partial charge on any atom is -0.508 e. The number of phenolic OH excluding ortho intramolecular Hbond substituents is 1. The Labute approximate surface area is 332 Å². The van der Waals surface area contributed by atoms with Crippen molar-refractivity contribution in [2.75, 3.05) is 13.1 Å². The maximum absolute atomic E-state index is 12.6. The zero-order chi connectivity index (χ0) is 41.8. The molecule has 306 valence electrons. The standard InChI is InChI=1S/C42H45N3O13/c1-23(6-5-9-24-7-3-2-4-8-24)27(18-25-16-17-44-20-25)21-45-39(53)42(55)40(58-35(38(51)52)36(49)41(42,54)22-46)56-29-14-15-30-31(19-29)57-34(37(43)50)32(33(30)48)26-10-12-28(47)13-11-26/h2-5,7-16,19-20,22-23,27,34-36,39-40,45,47-49,53-55H,6,17-18,21H2,1H3,(H2,43,50)(H,51,52)/b9-5-/t23-,27+,34?,35+,36-,39-,40-,41+,42+/m1/s1. The summed E-state index contributed by atoms with van der Waals surface area (Å²) in [6.45, 7) is 2.48. The lowest BCUT2D eigenvalue weighted by Crippen LogP contribution is -2.82. The number of aliphatic hydroxyl groups excluding tert-OH is 3. The molecular weight excluding hydrogens is 754 g/mol. The highest BCUT2D eigenvalue weighted by molar-refractivity contribution is 6.03. The molecule has 0 bridgehead atoms. The molecule has 0 spiro atoms. The number of aliphatic carboxylic acids is 1. The third-order valence-corrected chi connectivity index (χ3v) is 10.7. The van der Waals surface area contributed by atoms with Crippen LogP contribution in [0.1, 0.15) is 36.5 Å². The van der Waals surface area contributed by atoms with E-state index < -0.39 is 59.7 Å². The number of ether oxygens (including phenoxy) is 3. The zero-order valence-corrected chi connectivity index (χ0v) is 31.3. The number of hydrogen-bond acceptors (Lipinski definition) is 14. The molecule has 3 aromatic carbocycles. The van der Waals surface area contributed by atoms with Gasteiger partial charge in [-0.3, -0.25) is 19.9 Å². The summed E-state index contributed by atoms with van der Waals surface area (Å²) < 4.78 is 17.2. The number of benzene rings is 3. The summed E-state index contributed by atoms with van der Waals surface area (Å²) >= 11 is 0. The third-order valence-electron chi connectivity index (χ3n) is 10.7. The molecule has 3 heterocycles. The molecule has 9 atom stereocenters. The fraction of sp³-hybridized carbons (Fsp3) is 0.333. The number of allylic oxidation sites excluding steroid dienone is 2. The van der Waals surface area contributed by atoms with Crippen LogP contribution in [0.25, 0.3) is 17.4 Å². The molecule has 0 saturated carbocycles. The third kappa shape index (κ3) is 8.24. The summed E-state index contributed by atoms with van der Waals surface area (Å²) in [6, 6.07) is 18.9. The Morgan fingerprint density at radius 1 is 1.09 bits per heavy atom. The molecule has 0 aromatic heterocycles. The number of aldehydes is 1. The second-order valence-electron chi connectivity index (χ2n) is 14.5. The van der Waals surface area contributed by atoms with Gasteiger partial charge in [-0.1, -0.05) is 67.6 Å². The molecule has 58 heavy (non-hydrogen) atoms. The molecule has 1 unspecified atom stereocenters. The van der Waals surface area contributed by atoms with E-state index in [-0.39, 0.29) is 53.1 Å². The normalized spacial score (nSPS) is 26.9. The molecule has 6 rings (SSSR count).